The zero-order valence-electron chi connectivity index (χ0n) is 25.6. The van der Waals surface area contributed by atoms with Crippen molar-refractivity contribution in [3.05, 3.63) is 157 Å². The van der Waals surface area contributed by atoms with Gasteiger partial charge in [-0.05, 0) is 60.4 Å². The Labute approximate surface area is 290 Å². The summed E-state index contributed by atoms with van der Waals surface area (Å²) >= 11 is -0.106. The summed E-state index contributed by atoms with van der Waals surface area (Å²) in [7, 11) is 9.63. The van der Waals surface area contributed by atoms with Crippen molar-refractivity contribution in [2.24, 2.45) is 9.98 Å². The molecule has 0 spiro atoms. The van der Waals surface area contributed by atoms with E-state index >= 15 is 8.78 Å². The number of hydrogen-bond acceptors (Lipinski definition) is 2. The third-order valence-corrected chi connectivity index (χ3v) is 7.57. The van der Waals surface area contributed by atoms with Crippen LogP contribution in [0, 0.1) is 11.6 Å². The van der Waals surface area contributed by atoms with Crippen LogP contribution in [0.2, 0.25) is 0 Å². The van der Waals surface area contributed by atoms with Gasteiger partial charge in [0.25, 0.3) is 0 Å². The van der Waals surface area contributed by atoms with Crippen LogP contribution in [0.4, 0.5) is 20.2 Å². The maximum absolute atomic E-state index is 15.1. The quantitative estimate of drug-likeness (QED) is 0.115. The van der Waals surface area contributed by atoms with Crippen LogP contribution in [0.15, 0.2) is 156 Å². The van der Waals surface area contributed by atoms with Gasteiger partial charge >= 0.3 is 35.0 Å². The van der Waals surface area contributed by atoms with E-state index < -0.39 is 0 Å². The molecule has 6 aromatic carbocycles. The second-order valence-electron chi connectivity index (χ2n) is 10.6. The van der Waals surface area contributed by atoms with E-state index in [4.69, 9.17) is 29.0 Å². The molecule has 0 aliphatic heterocycles. The van der Waals surface area contributed by atoms with Gasteiger partial charge in [-0.25, -0.2) is 8.78 Å². The molecule has 47 heavy (non-hydrogen) atoms. The first-order valence-electron chi connectivity index (χ1n) is 14.7. The molecule has 0 fully saturated rings. The Kier molecular flexibility index (Phi) is 12.0. The Morgan fingerprint density at radius 1 is 0.447 bits per heavy atom. The monoisotopic (exact) mass is 752 g/mol. The second-order valence-corrected chi connectivity index (χ2v) is 13.0. The molecule has 2 nitrogen and oxygen atoms in total. The Hall–Kier alpha value is -4.24. The molecule has 6 rings (SSSR count). The molecular formula is C40H30Cl2F2N2Pd. The van der Waals surface area contributed by atoms with E-state index in [0.29, 0.717) is 45.1 Å². The predicted octanol–water partition coefficient (Wildman–Crippen LogP) is 12.9. The van der Waals surface area contributed by atoms with Crippen LogP contribution < -0.4 is 0 Å². The van der Waals surface area contributed by atoms with Crippen LogP contribution in [-0.4, -0.2) is 11.4 Å². The molecule has 0 amide bonds. The van der Waals surface area contributed by atoms with Gasteiger partial charge in [0, 0.05) is 22.3 Å². The Morgan fingerprint density at radius 3 is 0.872 bits per heavy atom. The van der Waals surface area contributed by atoms with Crippen LogP contribution in [0.3, 0.4) is 0 Å². The molecule has 0 saturated carbocycles. The molecule has 0 bridgehead atoms. The Balaban J connectivity index is 0.00000139. The Bertz CT molecular complexity index is 1730. The summed E-state index contributed by atoms with van der Waals surface area (Å²) in [5.41, 5.74) is 8.83. The van der Waals surface area contributed by atoms with Crippen molar-refractivity contribution in [3.63, 3.8) is 0 Å². The van der Waals surface area contributed by atoms with Crippen molar-refractivity contribution in [1.82, 2.24) is 0 Å². The Morgan fingerprint density at radius 2 is 0.660 bits per heavy atom. The number of rotatable bonds is 7. The van der Waals surface area contributed by atoms with Gasteiger partial charge in [-0.2, -0.15) is 0 Å². The first-order chi connectivity index (χ1) is 22.9. The SMILES string of the molecule is CC(=Nc1c(-c2ccccc2)cc(F)cc1-c1ccccc1)C(C)=Nc1c(-c2ccccc2)cc(F)cc1-c1ccccc1.[Cl][Pd][Cl]. The average molecular weight is 754 g/mol. The standard InChI is InChI=1S/C40H30F2N2.2ClH.Pd/c1-27(43-39-35(29-15-7-3-8-16-29)23-33(41)24-36(39)30-17-9-4-10-18-30)28(2)44-40-37(31-19-11-5-12-20-31)25-34(42)26-38(40)32-21-13-6-14-22-32;;;/h3-26H,1-2H3;2*1H;/q;;;+2/p-2. The zero-order valence-corrected chi connectivity index (χ0v) is 28.6. The van der Waals surface area contributed by atoms with E-state index in [0.717, 1.165) is 22.3 Å². The fraction of sp³-hybridized carbons (Fsp3) is 0.0500. The van der Waals surface area contributed by atoms with E-state index in [1.807, 2.05) is 135 Å². The van der Waals surface area contributed by atoms with Crippen molar-refractivity contribution in [2.75, 3.05) is 0 Å². The van der Waals surface area contributed by atoms with Gasteiger partial charge in [-0.1, -0.05) is 121 Å². The van der Waals surface area contributed by atoms with E-state index in [9.17, 15) is 0 Å². The number of nitrogens with zero attached hydrogens (tertiary/aromatic N) is 2. The van der Waals surface area contributed by atoms with Crippen LogP contribution in [0.5, 0.6) is 0 Å². The van der Waals surface area contributed by atoms with Crippen LogP contribution in [0.1, 0.15) is 13.8 Å². The summed E-state index contributed by atoms with van der Waals surface area (Å²) in [6.07, 6.45) is 0. The van der Waals surface area contributed by atoms with Gasteiger partial charge in [0.1, 0.15) is 11.6 Å². The van der Waals surface area contributed by atoms with Gasteiger partial charge in [0.05, 0.1) is 22.8 Å². The third-order valence-electron chi connectivity index (χ3n) is 7.57. The van der Waals surface area contributed by atoms with Crippen molar-refractivity contribution in [2.45, 2.75) is 13.8 Å². The molecule has 0 saturated heterocycles. The van der Waals surface area contributed by atoms with E-state index in [1.54, 1.807) is 0 Å². The molecule has 238 valence electrons. The number of aliphatic imine (C=N–C) groups is 2. The number of benzene rings is 6. The molecule has 0 radical (unpaired) electrons. The van der Waals surface area contributed by atoms with Crippen LogP contribution in [-0.2, 0) is 15.9 Å². The van der Waals surface area contributed by atoms with E-state index in [1.165, 1.54) is 24.3 Å². The number of hydrogen-bond donors (Lipinski definition) is 0. The molecule has 0 aliphatic rings. The van der Waals surface area contributed by atoms with Gasteiger partial charge < -0.3 is 0 Å². The summed E-state index contributed by atoms with van der Waals surface area (Å²) in [5, 5.41) is 0. The van der Waals surface area contributed by atoms with Crippen molar-refractivity contribution in [3.8, 4) is 44.5 Å². The fourth-order valence-corrected chi connectivity index (χ4v) is 5.29. The topological polar surface area (TPSA) is 24.7 Å². The van der Waals surface area contributed by atoms with Gasteiger partial charge in [0.15, 0.2) is 0 Å². The second kappa shape index (κ2) is 16.5. The average Bonchev–Trinajstić information content (AvgIpc) is 3.11. The molecule has 0 aromatic heterocycles. The van der Waals surface area contributed by atoms with Gasteiger partial charge in [-0.3, -0.25) is 9.98 Å². The number of halogens is 4. The summed E-state index contributed by atoms with van der Waals surface area (Å²) in [6, 6.07) is 44.9. The molecule has 0 aliphatic carbocycles. The maximum atomic E-state index is 15.1. The van der Waals surface area contributed by atoms with Crippen LogP contribution >= 0.6 is 19.1 Å². The fourth-order valence-electron chi connectivity index (χ4n) is 5.29. The van der Waals surface area contributed by atoms with E-state index in [2.05, 4.69) is 0 Å². The molecule has 0 unspecified atom stereocenters. The first kappa shape index (κ1) is 34.1. The minimum absolute atomic E-state index is 0.106. The summed E-state index contributed by atoms with van der Waals surface area (Å²) in [6.45, 7) is 3.80. The third kappa shape index (κ3) is 8.57. The molecular weight excluding hydrogens is 724 g/mol. The van der Waals surface area contributed by atoms with Gasteiger partial charge in [0.2, 0.25) is 0 Å². The van der Waals surface area contributed by atoms with E-state index in [-0.39, 0.29) is 27.6 Å². The van der Waals surface area contributed by atoms with Crippen molar-refractivity contribution < 1.29 is 24.7 Å². The van der Waals surface area contributed by atoms with Crippen LogP contribution in [0.25, 0.3) is 44.5 Å². The molecule has 7 heteroatoms. The summed E-state index contributed by atoms with van der Waals surface area (Å²) < 4.78 is 30.2. The summed E-state index contributed by atoms with van der Waals surface area (Å²) in [4.78, 5) is 10.2. The van der Waals surface area contributed by atoms with Crippen molar-refractivity contribution >= 4 is 41.9 Å². The predicted molar refractivity (Wildman–Crippen MR) is 192 cm³/mol. The normalized spacial score (nSPS) is 11.6. The molecule has 0 N–H and O–H groups in total. The molecule has 0 atom stereocenters. The first-order valence-corrected chi connectivity index (χ1v) is 18.7. The molecule has 0 heterocycles. The minimum atomic E-state index is -0.337. The van der Waals surface area contributed by atoms with Crippen molar-refractivity contribution in [1.29, 1.82) is 0 Å². The zero-order chi connectivity index (χ0) is 33.2. The summed E-state index contributed by atoms with van der Waals surface area (Å²) in [5.74, 6) is -0.674. The van der Waals surface area contributed by atoms with Gasteiger partial charge in [-0.15, -0.1) is 0 Å². The molecule has 6 aromatic rings.